The van der Waals surface area contributed by atoms with Gasteiger partial charge in [-0.05, 0) is 54.9 Å². The third-order valence-electron chi connectivity index (χ3n) is 4.94. The van der Waals surface area contributed by atoms with E-state index in [1.165, 1.54) is 20.5 Å². The summed E-state index contributed by atoms with van der Waals surface area (Å²) in [6.45, 7) is 2.19. The number of urea groups is 1. The molecule has 0 radical (unpaired) electrons. The monoisotopic (exact) mass is 392 g/mol. The largest absolute Gasteiger partial charge is 0.326 e. The number of aliphatic imine (C=N–C) groups is 1. The summed E-state index contributed by atoms with van der Waals surface area (Å²) in [6.07, 6.45) is 1.90. The molecule has 0 saturated carbocycles. The predicted molar refractivity (Wildman–Crippen MR) is 119 cm³/mol. The minimum atomic E-state index is -0.0981. The summed E-state index contributed by atoms with van der Waals surface area (Å²) in [4.78, 5) is 22.0. The number of nitrogens with one attached hydrogen (secondary N) is 1. The number of thiophene rings is 1. The van der Waals surface area contributed by atoms with E-state index >= 15 is 0 Å². The number of nitrogens with zero attached hydrogens (tertiary/aromatic N) is 3. The summed E-state index contributed by atoms with van der Waals surface area (Å²) in [5.74, 6) is 0. The highest BCUT2D eigenvalue weighted by molar-refractivity contribution is 7.22. The third-order valence-corrected chi connectivity index (χ3v) is 6.09. The molecule has 1 aliphatic heterocycles. The van der Waals surface area contributed by atoms with Gasteiger partial charge in [-0.15, -0.1) is 11.3 Å². The van der Waals surface area contributed by atoms with Gasteiger partial charge in [-0.3, -0.25) is 4.99 Å². The molecule has 1 N–H and O–H groups in total. The first-order chi connectivity index (χ1) is 13.5. The molecule has 2 heterocycles. The molecule has 3 aromatic rings. The van der Waals surface area contributed by atoms with Crippen molar-refractivity contribution in [2.24, 2.45) is 4.99 Å². The zero-order valence-electron chi connectivity index (χ0n) is 16.4. The van der Waals surface area contributed by atoms with Crippen molar-refractivity contribution < 1.29 is 4.79 Å². The Bertz CT molecular complexity index is 1020. The van der Waals surface area contributed by atoms with E-state index in [0.717, 1.165) is 23.4 Å². The lowest BCUT2D eigenvalue weighted by molar-refractivity contribution is 0.217. The molecule has 28 heavy (non-hydrogen) atoms. The fraction of sp³-hybridized carbons (Fsp3) is 0.273. The van der Waals surface area contributed by atoms with Crippen LogP contribution < -0.4 is 5.32 Å². The average molecular weight is 393 g/mol. The van der Waals surface area contributed by atoms with Gasteiger partial charge >= 0.3 is 6.03 Å². The molecule has 0 aliphatic carbocycles. The Morgan fingerprint density at radius 3 is 2.75 bits per heavy atom. The molecule has 5 nitrogen and oxygen atoms in total. The van der Waals surface area contributed by atoms with Crippen molar-refractivity contribution in [2.75, 3.05) is 39.5 Å². The van der Waals surface area contributed by atoms with E-state index in [2.05, 4.69) is 51.6 Å². The van der Waals surface area contributed by atoms with Gasteiger partial charge < -0.3 is 15.1 Å². The van der Waals surface area contributed by atoms with Crippen molar-refractivity contribution >= 4 is 39.4 Å². The first-order valence-electron chi connectivity index (χ1n) is 9.34. The molecular formula is C22H24N4OS. The first kappa shape index (κ1) is 18.7. The van der Waals surface area contributed by atoms with Gasteiger partial charge in [-0.1, -0.05) is 18.2 Å². The number of rotatable bonds is 5. The van der Waals surface area contributed by atoms with Crippen molar-refractivity contribution in [3.8, 4) is 10.4 Å². The van der Waals surface area contributed by atoms with Gasteiger partial charge in [0.1, 0.15) is 0 Å². The molecule has 1 aromatic heterocycles. The number of benzene rings is 2. The molecule has 4 rings (SSSR count). The van der Waals surface area contributed by atoms with E-state index in [0.29, 0.717) is 13.1 Å². The molecule has 2 aromatic carbocycles. The van der Waals surface area contributed by atoms with Crippen LogP contribution >= 0.6 is 11.3 Å². The number of carbonyl (C=O) groups excluding carboxylic acids is 1. The molecule has 6 heteroatoms. The van der Waals surface area contributed by atoms with Crippen LogP contribution in [-0.4, -0.2) is 56.3 Å². The maximum atomic E-state index is 12.6. The fourth-order valence-electron chi connectivity index (χ4n) is 3.30. The lowest BCUT2D eigenvalue weighted by atomic mass is 10.0. The predicted octanol–water partition coefficient (Wildman–Crippen LogP) is 4.53. The van der Waals surface area contributed by atoms with Crippen molar-refractivity contribution in [3.05, 3.63) is 53.6 Å². The molecule has 0 unspecified atom stereocenters. The second-order valence-electron chi connectivity index (χ2n) is 7.36. The Labute approximate surface area is 169 Å². The Kier molecular flexibility index (Phi) is 5.15. The van der Waals surface area contributed by atoms with Crippen LogP contribution in [0.4, 0.5) is 10.5 Å². The van der Waals surface area contributed by atoms with Crippen molar-refractivity contribution in [2.45, 2.75) is 6.54 Å². The van der Waals surface area contributed by atoms with Gasteiger partial charge in [0.2, 0.25) is 0 Å². The lowest BCUT2D eigenvalue weighted by Crippen LogP contribution is -2.36. The van der Waals surface area contributed by atoms with Gasteiger partial charge in [0, 0.05) is 47.2 Å². The van der Waals surface area contributed by atoms with Crippen LogP contribution in [0.15, 0.2) is 47.5 Å². The SMILES string of the molecule is CN(C)CCN(C)C(=O)Nc1cc2c(c(-c3cc4ccccc4s3)c1)CN=C2. The summed E-state index contributed by atoms with van der Waals surface area (Å²) in [6, 6.07) is 14.6. The zero-order valence-corrected chi connectivity index (χ0v) is 17.2. The van der Waals surface area contributed by atoms with E-state index in [9.17, 15) is 4.79 Å². The van der Waals surface area contributed by atoms with E-state index in [4.69, 9.17) is 0 Å². The van der Waals surface area contributed by atoms with E-state index < -0.39 is 0 Å². The van der Waals surface area contributed by atoms with Gasteiger partial charge in [0.15, 0.2) is 0 Å². The summed E-state index contributed by atoms with van der Waals surface area (Å²) in [5, 5.41) is 4.29. The normalized spacial score (nSPS) is 12.6. The van der Waals surface area contributed by atoms with Gasteiger partial charge in [0.05, 0.1) is 6.54 Å². The Morgan fingerprint density at radius 2 is 1.96 bits per heavy atom. The van der Waals surface area contributed by atoms with Crippen molar-refractivity contribution in [1.82, 2.24) is 9.80 Å². The standard InChI is InChI=1S/C22H24N4OS/c1-25(2)8-9-26(3)22(27)24-17-10-16-13-23-14-19(16)18(12-17)21-11-15-6-4-5-7-20(15)28-21/h4-7,10-13H,8-9,14H2,1-3H3,(H,24,27). The highest BCUT2D eigenvalue weighted by atomic mass is 32.1. The maximum absolute atomic E-state index is 12.6. The number of hydrogen-bond donors (Lipinski definition) is 1. The van der Waals surface area contributed by atoms with Crippen LogP contribution in [-0.2, 0) is 6.54 Å². The number of fused-ring (bicyclic) bond motifs is 2. The fourth-order valence-corrected chi connectivity index (χ4v) is 4.40. The van der Waals surface area contributed by atoms with Crippen molar-refractivity contribution in [1.29, 1.82) is 0 Å². The quantitative estimate of drug-likeness (QED) is 0.694. The van der Waals surface area contributed by atoms with Gasteiger partial charge in [-0.25, -0.2) is 4.79 Å². The molecule has 0 spiro atoms. The molecule has 2 amide bonds. The summed E-state index contributed by atoms with van der Waals surface area (Å²) in [5.41, 5.74) is 4.27. The number of amides is 2. The van der Waals surface area contributed by atoms with Crippen LogP contribution in [0.25, 0.3) is 20.5 Å². The molecule has 1 aliphatic rings. The first-order valence-corrected chi connectivity index (χ1v) is 10.2. The average Bonchev–Trinajstić information content (AvgIpc) is 3.31. The highest BCUT2D eigenvalue weighted by Gasteiger charge is 2.18. The van der Waals surface area contributed by atoms with Crippen LogP contribution in [0.1, 0.15) is 11.1 Å². The topological polar surface area (TPSA) is 47.9 Å². The number of anilines is 1. The second-order valence-corrected chi connectivity index (χ2v) is 8.45. The summed E-state index contributed by atoms with van der Waals surface area (Å²) >= 11 is 1.78. The summed E-state index contributed by atoms with van der Waals surface area (Å²) in [7, 11) is 5.83. The van der Waals surface area contributed by atoms with Crippen LogP contribution in [0.5, 0.6) is 0 Å². The smallest absolute Gasteiger partial charge is 0.321 e. The zero-order chi connectivity index (χ0) is 19.7. The summed E-state index contributed by atoms with van der Waals surface area (Å²) < 4.78 is 1.27. The number of hydrogen-bond acceptors (Lipinski definition) is 4. The minimum Gasteiger partial charge on any atom is -0.326 e. The Morgan fingerprint density at radius 1 is 1.14 bits per heavy atom. The van der Waals surface area contributed by atoms with Gasteiger partial charge in [-0.2, -0.15) is 0 Å². The Hall–Kier alpha value is -2.70. The van der Waals surface area contributed by atoms with Crippen LogP contribution in [0.3, 0.4) is 0 Å². The second kappa shape index (κ2) is 7.73. The molecular weight excluding hydrogens is 368 g/mol. The maximum Gasteiger partial charge on any atom is 0.321 e. The molecule has 0 atom stereocenters. The van der Waals surface area contributed by atoms with Crippen LogP contribution in [0.2, 0.25) is 0 Å². The van der Waals surface area contributed by atoms with E-state index in [1.807, 2.05) is 33.4 Å². The molecule has 0 fully saturated rings. The lowest BCUT2D eigenvalue weighted by Gasteiger charge is -2.20. The highest BCUT2D eigenvalue weighted by Crippen LogP contribution is 2.39. The van der Waals surface area contributed by atoms with Crippen LogP contribution in [0, 0.1) is 0 Å². The third kappa shape index (κ3) is 3.79. The van der Waals surface area contributed by atoms with E-state index in [1.54, 1.807) is 16.2 Å². The van der Waals surface area contributed by atoms with Gasteiger partial charge in [0.25, 0.3) is 0 Å². The Balaban J connectivity index is 1.64. The van der Waals surface area contributed by atoms with Crippen molar-refractivity contribution in [3.63, 3.8) is 0 Å². The molecule has 0 saturated heterocycles. The number of carbonyl (C=O) groups is 1. The van der Waals surface area contributed by atoms with E-state index in [-0.39, 0.29) is 6.03 Å². The molecule has 0 bridgehead atoms. The molecule has 144 valence electrons. The number of likely N-dealkylation sites (N-methyl/N-ethyl adjacent to an activating group) is 2. The minimum absolute atomic E-state index is 0.0981.